The highest BCUT2D eigenvalue weighted by molar-refractivity contribution is 5.44. The van der Waals surface area contributed by atoms with Gasteiger partial charge < -0.3 is 9.84 Å². The highest BCUT2D eigenvalue weighted by Crippen LogP contribution is 2.32. The maximum absolute atomic E-state index is 10.7. The van der Waals surface area contributed by atoms with Gasteiger partial charge in [-0.1, -0.05) is 6.42 Å². The molecule has 1 fully saturated rings. The minimum atomic E-state index is -0.777. The van der Waals surface area contributed by atoms with Crippen molar-refractivity contribution < 1.29 is 14.8 Å². The van der Waals surface area contributed by atoms with Crippen LogP contribution in [-0.4, -0.2) is 16.6 Å². The monoisotopic (exact) mass is 251 g/mol. The summed E-state index contributed by atoms with van der Waals surface area (Å²) in [4.78, 5) is 10.2. The van der Waals surface area contributed by atoms with Crippen molar-refractivity contribution in [1.29, 1.82) is 0 Å². The first-order chi connectivity index (χ1) is 8.58. The van der Waals surface area contributed by atoms with Crippen LogP contribution in [0.1, 0.15) is 37.9 Å². The topological polar surface area (TPSA) is 72.6 Å². The van der Waals surface area contributed by atoms with E-state index in [0.29, 0.717) is 23.8 Å². The summed E-state index contributed by atoms with van der Waals surface area (Å²) in [5.41, 5.74) is 0.449. The molecular weight excluding hydrogens is 234 g/mol. The van der Waals surface area contributed by atoms with Crippen molar-refractivity contribution in [1.82, 2.24) is 0 Å². The van der Waals surface area contributed by atoms with Crippen LogP contribution in [0.5, 0.6) is 5.75 Å². The van der Waals surface area contributed by atoms with E-state index in [1.54, 1.807) is 13.0 Å². The first-order valence-electron chi connectivity index (χ1n) is 6.17. The van der Waals surface area contributed by atoms with Crippen molar-refractivity contribution in [2.75, 3.05) is 6.61 Å². The van der Waals surface area contributed by atoms with E-state index in [9.17, 15) is 15.2 Å². The summed E-state index contributed by atoms with van der Waals surface area (Å²) in [6.07, 6.45) is 2.83. The second kappa shape index (κ2) is 5.35. The van der Waals surface area contributed by atoms with Gasteiger partial charge in [0, 0.05) is 17.7 Å². The summed E-state index contributed by atoms with van der Waals surface area (Å²) in [5, 5.41) is 20.3. The van der Waals surface area contributed by atoms with Gasteiger partial charge in [-0.25, -0.2) is 0 Å². The standard InChI is InChI=1S/C13H17NO4/c1-9(15)12-7-11(14(16)17)5-6-13(12)18-8-10-3-2-4-10/h5-7,9-10,15H,2-4,8H2,1H3. The number of aliphatic hydroxyl groups excluding tert-OH is 1. The van der Waals surface area contributed by atoms with Gasteiger partial charge >= 0.3 is 0 Å². The highest BCUT2D eigenvalue weighted by atomic mass is 16.6. The van der Waals surface area contributed by atoms with E-state index in [1.165, 1.54) is 31.4 Å². The Morgan fingerprint density at radius 2 is 2.28 bits per heavy atom. The molecule has 0 amide bonds. The number of benzene rings is 1. The summed E-state index contributed by atoms with van der Waals surface area (Å²) in [7, 11) is 0. The molecule has 0 spiro atoms. The largest absolute Gasteiger partial charge is 0.493 e. The second-order valence-electron chi connectivity index (χ2n) is 4.76. The van der Waals surface area contributed by atoms with Gasteiger partial charge in [-0.2, -0.15) is 0 Å². The molecule has 18 heavy (non-hydrogen) atoms. The Bertz CT molecular complexity index is 441. The number of non-ortho nitro benzene ring substituents is 1. The third kappa shape index (κ3) is 2.79. The average Bonchev–Trinajstić information content (AvgIpc) is 2.26. The predicted molar refractivity (Wildman–Crippen MR) is 66.6 cm³/mol. The lowest BCUT2D eigenvalue weighted by atomic mass is 9.86. The molecule has 1 aromatic rings. The van der Waals surface area contributed by atoms with Crippen LogP contribution in [0.25, 0.3) is 0 Å². The Labute approximate surface area is 106 Å². The minimum absolute atomic E-state index is 0.0260. The Morgan fingerprint density at radius 3 is 2.78 bits per heavy atom. The van der Waals surface area contributed by atoms with E-state index in [0.717, 1.165) is 0 Å². The fourth-order valence-electron chi connectivity index (χ4n) is 1.97. The Hall–Kier alpha value is -1.62. The third-order valence-electron chi connectivity index (χ3n) is 3.35. The van der Waals surface area contributed by atoms with E-state index in [2.05, 4.69) is 0 Å². The maximum Gasteiger partial charge on any atom is 0.270 e. The molecule has 0 aliphatic heterocycles. The van der Waals surface area contributed by atoms with Crippen molar-refractivity contribution in [2.24, 2.45) is 5.92 Å². The number of hydrogen-bond acceptors (Lipinski definition) is 4. The van der Waals surface area contributed by atoms with Crippen molar-refractivity contribution in [3.8, 4) is 5.75 Å². The number of ether oxygens (including phenoxy) is 1. The Morgan fingerprint density at radius 1 is 1.56 bits per heavy atom. The molecule has 0 bridgehead atoms. The number of nitro benzene ring substituents is 1. The van der Waals surface area contributed by atoms with Crippen LogP contribution in [0.4, 0.5) is 5.69 Å². The number of aliphatic hydroxyl groups is 1. The van der Waals surface area contributed by atoms with Gasteiger partial charge in [-0.15, -0.1) is 0 Å². The molecule has 1 aromatic carbocycles. The van der Waals surface area contributed by atoms with E-state index in [1.807, 2.05) is 0 Å². The summed E-state index contributed by atoms with van der Waals surface area (Å²) in [6, 6.07) is 4.35. The van der Waals surface area contributed by atoms with Crippen LogP contribution < -0.4 is 4.74 Å². The van der Waals surface area contributed by atoms with Crippen molar-refractivity contribution in [3.63, 3.8) is 0 Å². The molecule has 2 rings (SSSR count). The molecule has 1 aliphatic carbocycles. The molecule has 0 heterocycles. The molecule has 1 saturated carbocycles. The number of nitrogens with zero attached hydrogens (tertiary/aromatic N) is 1. The van der Waals surface area contributed by atoms with Gasteiger partial charge in [0.25, 0.3) is 5.69 Å². The fourth-order valence-corrected chi connectivity index (χ4v) is 1.97. The quantitative estimate of drug-likeness (QED) is 0.645. The van der Waals surface area contributed by atoms with Gasteiger partial charge in [0.1, 0.15) is 5.75 Å². The van der Waals surface area contributed by atoms with Crippen molar-refractivity contribution >= 4 is 5.69 Å². The SMILES string of the molecule is CC(O)c1cc([N+](=O)[O-])ccc1OCC1CCC1. The van der Waals surface area contributed by atoms with E-state index >= 15 is 0 Å². The number of rotatable bonds is 5. The van der Waals surface area contributed by atoms with E-state index in [-0.39, 0.29) is 5.69 Å². The first-order valence-corrected chi connectivity index (χ1v) is 6.17. The van der Waals surface area contributed by atoms with Crippen LogP contribution >= 0.6 is 0 Å². The Kier molecular flexibility index (Phi) is 3.81. The molecule has 1 unspecified atom stereocenters. The average molecular weight is 251 g/mol. The van der Waals surface area contributed by atoms with Crippen molar-refractivity contribution in [3.05, 3.63) is 33.9 Å². The second-order valence-corrected chi connectivity index (χ2v) is 4.76. The normalized spacial score (nSPS) is 17.0. The van der Waals surface area contributed by atoms with Crippen LogP contribution in [0.15, 0.2) is 18.2 Å². The minimum Gasteiger partial charge on any atom is -0.493 e. The number of hydrogen-bond donors (Lipinski definition) is 1. The number of nitro groups is 1. The van der Waals surface area contributed by atoms with Crippen LogP contribution in [-0.2, 0) is 0 Å². The van der Waals surface area contributed by atoms with Gasteiger partial charge in [0.05, 0.1) is 17.6 Å². The molecule has 0 saturated heterocycles. The molecule has 1 atom stereocenters. The third-order valence-corrected chi connectivity index (χ3v) is 3.35. The van der Waals surface area contributed by atoms with Crippen LogP contribution in [0, 0.1) is 16.0 Å². The summed E-state index contributed by atoms with van der Waals surface area (Å²) in [5.74, 6) is 1.13. The molecular formula is C13H17NO4. The zero-order chi connectivity index (χ0) is 13.1. The fraction of sp³-hybridized carbons (Fsp3) is 0.538. The Balaban J connectivity index is 2.14. The molecule has 0 aromatic heterocycles. The van der Waals surface area contributed by atoms with Gasteiger partial charge in [-0.05, 0) is 31.7 Å². The zero-order valence-electron chi connectivity index (χ0n) is 10.3. The lowest BCUT2D eigenvalue weighted by molar-refractivity contribution is -0.385. The van der Waals surface area contributed by atoms with Crippen LogP contribution in [0.3, 0.4) is 0 Å². The molecule has 1 aliphatic rings. The smallest absolute Gasteiger partial charge is 0.270 e. The van der Waals surface area contributed by atoms with Gasteiger partial charge in [0.2, 0.25) is 0 Å². The predicted octanol–water partition coefficient (Wildman–Crippen LogP) is 2.83. The molecule has 1 N–H and O–H groups in total. The van der Waals surface area contributed by atoms with Gasteiger partial charge in [-0.3, -0.25) is 10.1 Å². The van der Waals surface area contributed by atoms with Crippen LogP contribution in [0.2, 0.25) is 0 Å². The summed E-state index contributed by atoms with van der Waals surface area (Å²) >= 11 is 0. The summed E-state index contributed by atoms with van der Waals surface area (Å²) in [6.45, 7) is 2.20. The first kappa shape index (κ1) is 12.8. The summed E-state index contributed by atoms with van der Waals surface area (Å²) < 4.78 is 5.65. The maximum atomic E-state index is 10.7. The lowest BCUT2D eigenvalue weighted by Crippen LogP contribution is -2.19. The molecule has 0 radical (unpaired) electrons. The molecule has 98 valence electrons. The molecule has 5 heteroatoms. The lowest BCUT2D eigenvalue weighted by Gasteiger charge is -2.25. The van der Waals surface area contributed by atoms with E-state index in [4.69, 9.17) is 4.74 Å². The zero-order valence-corrected chi connectivity index (χ0v) is 10.3. The molecule has 5 nitrogen and oxygen atoms in total. The van der Waals surface area contributed by atoms with E-state index < -0.39 is 11.0 Å². The van der Waals surface area contributed by atoms with Gasteiger partial charge in [0.15, 0.2) is 0 Å². The van der Waals surface area contributed by atoms with Crippen molar-refractivity contribution in [2.45, 2.75) is 32.3 Å². The highest BCUT2D eigenvalue weighted by Gasteiger charge is 2.20.